The Hall–Kier alpha value is -2.50. The van der Waals surface area contributed by atoms with Gasteiger partial charge in [-0.2, -0.15) is 0 Å². The molecule has 3 rings (SSSR count). The van der Waals surface area contributed by atoms with Crippen LogP contribution in [0.1, 0.15) is 26.5 Å². The monoisotopic (exact) mass is 288 g/mol. The molecule has 0 aromatic carbocycles. The Bertz CT molecular complexity index is 636. The first kappa shape index (κ1) is 13.5. The summed E-state index contributed by atoms with van der Waals surface area (Å²) in [6.07, 6.45) is 4.43. The molecular weight excluding hydrogens is 272 g/mol. The molecule has 6 nitrogen and oxygen atoms in total. The summed E-state index contributed by atoms with van der Waals surface area (Å²) >= 11 is 0. The lowest BCUT2D eigenvalue weighted by molar-refractivity contribution is 0.0517. The zero-order valence-electron chi connectivity index (χ0n) is 11.7. The predicted molar refractivity (Wildman–Crippen MR) is 74.0 cm³/mol. The van der Waals surface area contributed by atoms with Gasteiger partial charge in [0.1, 0.15) is 6.26 Å². The fourth-order valence-corrected chi connectivity index (χ4v) is 2.42. The molecule has 0 N–H and O–H groups in total. The largest absolute Gasteiger partial charge is 0.472 e. The van der Waals surface area contributed by atoms with Gasteiger partial charge in [-0.25, -0.2) is 0 Å². The molecule has 0 atom stereocenters. The molecule has 1 saturated heterocycles. The molecular formula is C15H16N2O4. The molecule has 1 aliphatic heterocycles. The number of carbonyl (C=O) groups excluding carboxylic acids is 2. The van der Waals surface area contributed by atoms with Gasteiger partial charge in [0.15, 0.2) is 5.76 Å². The Morgan fingerprint density at radius 2 is 1.67 bits per heavy atom. The number of rotatable bonds is 2. The number of nitrogens with zero attached hydrogens (tertiary/aromatic N) is 2. The third kappa shape index (κ3) is 2.56. The van der Waals surface area contributed by atoms with Crippen molar-refractivity contribution < 1.29 is 18.4 Å². The van der Waals surface area contributed by atoms with Crippen LogP contribution < -0.4 is 0 Å². The minimum atomic E-state index is -0.118. The first-order valence-corrected chi connectivity index (χ1v) is 6.81. The normalized spacial score (nSPS) is 15.3. The van der Waals surface area contributed by atoms with Crippen LogP contribution in [0.5, 0.6) is 0 Å². The van der Waals surface area contributed by atoms with Crippen LogP contribution in [0, 0.1) is 6.92 Å². The van der Waals surface area contributed by atoms with Crippen molar-refractivity contribution in [2.24, 2.45) is 0 Å². The highest BCUT2D eigenvalue weighted by Crippen LogP contribution is 2.15. The quantitative estimate of drug-likeness (QED) is 0.844. The number of hydrogen-bond acceptors (Lipinski definition) is 4. The highest BCUT2D eigenvalue weighted by molar-refractivity contribution is 5.95. The molecule has 1 fully saturated rings. The van der Waals surface area contributed by atoms with Crippen molar-refractivity contribution in [2.75, 3.05) is 26.2 Å². The highest BCUT2D eigenvalue weighted by Gasteiger charge is 2.27. The Balaban J connectivity index is 1.62. The standard InChI is InChI=1S/C15H16N2O4/c1-11-2-9-21-13(11)15(19)17-6-4-16(5-7-17)14(18)12-3-8-20-10-12/h2-3,8-10H,4-7H2,1H3. The van der Waals surface area contributed by atoms with Gasteiger partial charge >= 0.3 is 0 Å². The summed E-state index contributed by atoms with van der Waals surface area (Å²) < 4.78 is 10.2. The van der Waals surface area contributed by atoms with Gasteiger partial charge in [0.05, 0.1) is 18.1 Å². The summed E-state index contributed by atoms with van der Waals surface area (Å²) in [7, 11) is 0. The van der Waals surface area contributed by atoms with Gasteiger partial charge in [0, 0.05) is 31.7 Å². The lowest BCUT2D eigenvalue weighted by atomic mass is 10.2. The van der Waals surface area contributed by atoms with Crippen LogP contribution in [0.2, 0.25) is 0 Å². The number of carbonyl (C=O) groups is 2. The van der Waals surface area contributed by atoms with Crippen LogP contribution in [0.3, 0.4) is 0 Å². The highest BCUT2D eigenvalue weighted by atomic mass is 16.3. The maximum absolute atomic E-state index is 12.3. The van der Waals surface area contributed by atoms with Crippen LogP contribution >= 0.6 is 0 Å². The molecule has 0 aliphatic carbocycles. The average Bonchev–Trinajstić information content (AvgIpc) is 3.17. The van der Waals surface area contributed by atoms with Gasteiger partial charge in [0.25, 0.3) is 11.8 Å². The molecule has 21 heavy (non-hydrogen) atoms. The first-order valence-electron chi connectivity index (χ1n) is 6.81. The van der Waals surface area contributed by atoms with E-state index in [1.807, 2.05) is 6.92 Å². The summed E-state index contributed by atoms with van der Waals surface area (Å²) in [6, 6.07) is 3.41. The third-order valence-corrected chi connectivity index (χ3v) is 3.68. The van der Waals surface area contributed by atoms with E-state index in [9.17, 15) is 9.59 Å². The fraction of sp³-hybridized carbons (Fsp3) is 0.333. The van der Waals surface area contributed by atoms with Crippen LogP contribution in [-0.2, 0) is 0 Å². The maximum atomic E-state index is 12.3. The number of hydrogen-bond donors (Lipinski definition) is 0. The zero-order chi connectivity index (χ0) is 14.8. The zero-order valence-corrected chi connectivity index (χ0v) is 11.7. The molecule has 0 bridgehead atoms. The molecule has 2 amide bonds. The molecule has 0 unspecified atom stereocenters. The topological polar surface area (TPSA) is 66.9 Å². The van der Waals surface area contributed by atoms with E-state index in [2.05, 4.69) is 0 Å². The van der Waals surface area contributed by atoms with E-state index in [4.69, 9.17) is 8.83 Å². The second-order valence-electron chi connectivity index (χ2n) is 5.03. The van der Waals surface area contributed by atoms with Crippen molar-refractivity contribution in [3.8, 4) is 0 Å². The Morgan fingerprint density at radius 3 is 2.19 bits per heavy atom. The van der Waals surface area contributed by atoms with E-state index >= 15 is 0 Å². The van der Waals surface area contributed by atoms with Crippen LogP contribution in [-0.4, -0.2) is 47.8 Å². The van der Waals surface area contributed by atoms with Gasteiger partial charge in [-0.15, -0.1) is 0 Å². The van der Waals surface area contributed by atoms with Crippen LogP contribution in [0.15, 0.2) is 39.8 Å². The smallest absolute Gasteiger partial charge is 0.289 e. The second-order valence-corrected chi connectivity index (χ2v) is 5.03. The van der Waals surface area contributed by atoms with E-state index in [1.165, 1.54) is 18.8 Å². The molecule has 0 spiro atoms. The minimum Gasteiger partial charge on any atom is -0.472 e. The van der Waals surface area contributed by atoms with Crippen molar-refractivity contribution in [1.82, 2.24) is 9.80 Å². The van der Waals surface area contributed by atoms with E-state index in [-0.39, 0.29) is 11.8 Å². The Morgan fingerprint density at radius 1 is 1.00 bits per heavy atom. The van der Waals surface area contributed by atoms with Gasteiger partial charge in [-0.3, -0.25) is 9.59 Å². The lowest BCUT2D eigenvalue weighted by Gasteiger charge is -2.34. The van der Waals surface area contributed by atoms with Crippen LogP contribution in [0.4, 0.5) is 0 Å². The van der Waals surface area contributed by atoms with Gasteiger partial charge in [-0.1, -0.05) is 0 Å². The number of aryl methyl sites for hydroxylation is 1. The SMILES string of the molecule is Cc1ccoc1C(=O)N1CCN(C(=O)c2ccoc2)CC1. The van der Waals surface area contributed by atoms with Crippen molar-refractivity contribution in [3.05, 3.63) is 47.8 Å². The predicted octanol–water partition coefficient (Wildman–Crippen LogP) is 1.78. The van der Waals surface area contributed by atoms with Gasteiger partial charge in [-0.05, 0) is 19.1 Å². The van der Waals surface area contributed by atoms with E-state index in [1.54, 1.807) is 21.9 Å². The fourth-order valence-electron chi connectivity index (χ4n) is 2.42. The maximum Gasteiger partial charge on any atom is 0.289 e. The van der Waals surface area contributed by atoms with Crippen molar-refractivity contribution >= 4 is 11.8 Å². The third-order valence-electron chi connectivity index (χ3n) is 3.68. The number of furan rings is 2. The Kier molecular flexibility index (Phi) is 3.51. The summed E-state index contributed by atoms with van der Waals surface area (Å²) in [6.45, 7) is 3.87. The van der Waals surface area contributed by atoms with Crippen molar-refractivity contribution in [1.29, 1.82) is 0 Å². The average molecular weight is 288 g/mol. The molecule has 6 heteroatoms. The van der Waals surface area contributed by atoms with E-state index < -0.39 is 0 Å². The second kappa shape index (κ2) is 5.47. The number of amides is 2. The van der Waals surface area contributed by atoms with Crippen LogP contribution in [0.25, 0.3) is 0 Å². The minimum absolute atomic E-state index is 0.0648. The van der Waals surface area contributed by atoms with Gasteiger partial charge < -0.3 is 18.6 Å². The molecule has 110 valence electrons. The summed E-state index contributed by atoms with van der Waals surface area (Å²) in [5.41, 5.74) is 1.37. The summed E-state index contributed by atoms with van der Waals surface area (Å²) in [5, 5.41) is 0. The number of piperazine rings is 1. The van der Waals surface area contributed by atoms with E-state index in [0.717, 1.165) is 5.56 Å². The first-order chi connectivity index (χ1) is 10.2. The molecule has 2 aromatic heterocycles. The molecule has 1 aliphatic rings. The van der Waals surface area contributed by atoms with Crippen molar-refractivity contribution in [2.45, 2.75) is 6.92 Å². The molecule has 2 aromatic rings. The summed E-state index contributed by atoms with van der Waals surface area (Å²) in [4.78, 5) is 27.9. The molecule has 0 saturated carbocycles. The lowest BCUT2D eigenvalue weighted by Crippen LogP contribution is -2.50. The van der Waals surface area contributed by atoms with E-state index in [0.29, 0.717) is 37.5 Å². The van der Waals surface area contributed by atoms with Gasteiger partial charge in [0.2, 0.25) is 0 Å². The van der Waals surface area contributed by atoms with Crippen molar-refractivity contribution in [3.63, 3.8) is 0 Å². The summed E-state index contributed by atoms with van der Waals surface area (Å²) in [5.74, 6) is 0.197. The molecule has 0 radical (unpaired) electrons. The molecule has 3 heterocycles. The Labute approximate surface area is 121 Å².